The van der Waals surface area contributed by atoms with Gasteiger partial charge < -0.3 is 20.4 Å². The summed E-state index contributed by atoms with van der Waals surface area (Å²) in [6.45, 7) is 1.94. The van der Waals surface area contributed by atoms with Crippen LogP contribution in [0.1, 0.15) is 12.5 Å². The SMILES string of the molecule is CCOC(=O)N[C@H](Cc1c[nH]c2ccccc12)C(=O)Nc1cccnc1. The highest BCUT2D eigenvalue weighted by molar-refractivity contribution is 5.97. The molecule has 3 rings (SSSR count). The van der Waals surface area contributed by atoms with E-state index in [0.717, 1.165) is 16.5 Å². The van der Waals surface area contributed by atoms with Crippen molar-refractivity contribution in [1.82, 2.24) is 15.3 Å². The van der Waals surface area contributed by atoms with Crippen molar-refractivity contribution < 1.29 is 14.3 Å². The minimum atomic E-state index is -0.784. The number of anilines is 1. The zero-order valence-corrected chi connectivity index (χ0v) is 14.4. The molecular weight excluding hydrogens is 332 g/mol. The van der Waals surface area contributed by atoms with Crippen LogP contribution in [-0.4, -0.2) is 34.6 Å². The molecule has 0 saturated heterocycles. The van der Waals surface area contributed by atoms with Crippen molar-refractivity contribution in [2.75, 3.05) is 11.9 Å². The lowest BCUT2D eigenvalue weighted by molar-refractivity contribution is -0.118. The molecule has 0 saturated carbocycles. The fraction of sp³-hybridized carbons (Fsp3) is 0.211. The second-order valence-electron chi connectivity index (χ2n) is 5.71. The number of hydrogen-bond acceptors (Lipinski definition) is 4. The maximum absolute atomic E-state index is 12.7. The molecule has 3 N–H and O–H groups in total. The van der Waals surface area contributed by atoms with E-state index in [9.17, 15) is 9.59 Å². The summed E-state index contributed by atoms with van der Waals surface area (Å²) in [5.41, 5.74) is 2.47. The average Bonchev–Trinajstić information content (AvgIpc) is 3.05. The first kappa shape index (κ1) is 17.5. The Labute approximate surface area is 150 Å². The standard InChI is InChI=1S/C19H20N4O3/c1-2-26-19(25)23-17(18(24)22-14-6-5-9-20-12-14)10-13-11-21-16-8-4-3-7-15(13)16/h3-9,11-12,17,21H,2,10H2,1H3,(H,22,24)(H,23,25)/t17-/m1/s1. The number of pyridine rings is 1. The van der Waals surface area contributed by atoms with Gasteiger partial charge in [-0.1, -0.05) is 18.2 Å². The van der Waals surface area contributed by atoms with Gasteiger partial charge >= 0.3 is 6.09 Å². The Bertz CT molecular complexity index is 892. The van der Waals surface area contributed by atoms with Crippen LogP contribution in [-0.2, 0) is 16.0 Å². The van der Waals surface area contributed by atoms with E-state index in [1.54, 1.807) is 31.5 Å². The van der Waals surface area contributed by atoms with Crippen molar-refractivity contribution in [3.05, 3.63) is 60.6 Å². The number of amides is 2. The predicted octanol–water partition coefficient (Wildman–Crippen LogP) is 2.86. The van der Waals surface area contributed by atoms with E-state index in [-0.39, 0.29) is 12.5 Å². The molecule has 0 aliphatic heterocycles. The summed E-state index contributed by atoms with van der Waals surface area (Å²) >= 11 is 0. The van der Waals surface area contributed by atoms with Gasteiger partial charge in [-0.2, -0.15) is 0 Å². The quantitative estimate of drug-likeness (QED) is 0.635. The van der Waals surface area contributed by atoms with E-state index in [2.05, 4.69) is 20.6 Å². The number of carbonyl (C=O) groups excluding carboxylic acids is 2. The Morgan fingerprint density at radius 3 is 2.85 bits per heavy atom. The van der Waals surface area contributed by atoms with Crippen molar-refractivity contribution in [2.45, 2.75) is 19.4 Å². The summed E-state index contributed by atoms with van der Waals surface area (Å²) in [4.78, 5) is 31.7. The smallest absolute Gasteiger partial charge is 0.407 e. The first-order valence-corrected chi connectivity index (χ1v) is 8.36. The van der Waals surface area contributed by atoms with Crippen molar-refractivity contribution in [1.29, 1.82) is 0 Å². The van der Waals surface area contributed by atoms with E-state index in [0.29, 0.717) is 12.1 Å². The van der Waals surface area contributed by atoms with Crippen molar-refractivity contribution in [3.63, 3.8) is 0 Å². The zero-order chi connectivity index (χ0) is 18.4. The number of aromatic nitrogens is 2. The minimum Gasteiger partial charge on any atom is -0.450 e. The Balaban J connectivity index is 1.80. The van der Waals surface area contributed by atoms with Crippen LogP contribution in [0, 0.1) is 0 Å². The van der Waals surface area contributed by atoms with Gasteiger partial charge in [0, 0.05) is 29.7 Å². The number of fused-ring (bicyclic) bond motifs is 1. The van der Waals surface area contributed by atoms with E-state index in [4.69, 9.17) is 4.74 Å². The predicted molar refractivity (Wildman–Crippen MR) is 98.8 cm³/mol. The molecule has 134 valence electrons. The third-order valence-corrected chi connectivity index (χ3v) is 3.91. The molecule has 0 aliphatic rings. The fourth-order valence-electron chi connectivity index (χ4n) is 2.71. The van der Waals surface area contributed by atoms with Crippen LogP contribution >= 0.6 is 0 Å². The summed E-state index contributed by atoms with van der Waals surface area (Å²) in [7, 11) is 0. The van der Waals surface area contributed by atoms with Crippen LogP contribution < -0.4 is 10.6 Å². The summed E-state index contributed by atoms with van der Waals surface area (Å²) in [5.74, 6) is -0.337. The molecule has 0 fully saturated rings. The topological polar surface area (TPSA) is 96.1 Å². The van der Waals surface area contributed by atoms with Crippen molar-refractivity contribution in [2.24, 2.45) is 0 Å². The lowest BCUT2D eigenvalue weighted by atomic mass is 10.0. The van der Waals surface area contributed by atoms with Gasteiger partial charge in [0.05, 0.1) is 18.5 Å². The molecular formula is C19H20N4O3. The molecule has 0 radical (unpaired) electrons. The van der Waals surface area contributed by atoms with Gasteiger partial charge in [0.25, 0.3) is 0 Å². The first-order chi connectivity index (χ1) is 12.7. The Morgan fingerprint density at radius 2 is 2.08 bits per heavy atom. The van der Waals surface area contributed by atoms with E-state index in [1.807, 2.05) is 30.5 Å². The van der Waals surface area contributed by atoms with Crippen LogP contribution in [0.5, 0.6) is 0 Å². The Hall–Kier alpha value is -3.35. The number of nitrogens with zero attached hydrogens (tertiary/aromatic N) is 1. The molecule has 0 bridgehead atoms. The van der Waals surface area contributed by atoms with Crippen LogP contribution in [0.4, 0.5) is 10.5 Å². The highest BCUT2D eigenvalue weighted by Gasteiger charge is 2.23. The lowest BCUT2D eigenvalue weighted by Crippen LogP contribution is -2.45. The molecule has 2 amide bonds. The summed E-state index contributed by atoms with van der Waals surface area (Å²) in [6.07, 6.45) is 4.72. The molecule has 2 aromatic heterocycles. The van der Waals surface area contributed by atoms with Gasteiger partial charge in [0.2, 0.25) is 5.91 Å². The molecule has 1 aromatic carbocycles. The summed E-state index contributed by atoms with van der Waals surface area (Å²) in [6, 6.07) is 10.5. The highest BCUT2D eigenvalue weighted by atomic mass is 16.5. The molecule has 26 heavy (non-hydrogen) atoms. The number of aromatic amines is 1. The Morgan fingerprint density at radius 1 is 1.23 bits per heavy atom. The van der Waals surface area contributed by atoms with E-state index >= 15 is 0 Å². The number of hydrogen-bond donors (Lipinski definition) is 3. The molecule has 0 spiro atoms. The lowest BCUT2D eigenvalue weighted by Gasteiger charge is -2.18. The molecule has 0 aliphatic carbocycles. The largest absolute Gasteiger partial charge is 0.450 e. The minimum absolute atomic E-state index is 0.232. The fourth-order valence-corrected chi connectivity index (χ4v) is 2.71. The van der Waals surface area contributed by atoms with E-state index in [1.165, 1.54) is 0 Å². The number of para-hydroxylation sites is 1. The van der Waals surface area contributed by atoms with Crippen molar-refractivity contribution in [3.8, 4) is 0 Å². The monoisotopic (exact) mass is 352 g/mol. The molecule has 2 heterocycles. The van der Waals surface area contributed by atoms with Crippen LogP contribution in [0.3, 0.4) is 0 Å². The maximum Gasteiger partial charge on any atom is 0.407 e. The number of ether oxygens (including phenoxy) is 1. The number of nitrogens with one attached hydrogen (secondary N) is 3. The number of benzene rings is 1. The van der Waals surface area contributed by atoms with E-state index < -0.39 is 12.1 Å². The van der Waals surface area contributed by atoms with Gasteiger partial charge in [-0.15, -0.1) is 0 Å². The Kier molecular flexibility index (Phi) is 5.48. The van der Waals surface area contributed by atoms with Crippen LogP contribution in [0.15, 0.2) is 55.0 Å². The molecule has 3 aromatic rings. The molecule has 7 nitrogen and oxygen atoms in total. The third kappa shape index (κ3) is 4.18. The van der Waals surface area contributed by atoms with Gasteiger partial charge in [0.15, 0.2) is 0 Å². The summed E-state index contributed by atoms with van der Waals surface area (Å²) in [5, 5.41) is 6.41. The van der Waals surface area contributed by atoms with Crippen LogP contribution in [0.25, 0.3) is 10.9 Å². The molecule has 0 unspecified atom stereocenters. The normalized spacial score (nSPS) is 11.7. The summed E-state index contributed by atoms with van der Waals surface area (Å²) < 4.78 is 4.93. The number of rotatable bonds is 6. The van der Waals surface area contributed by atoms with Gasteiger partial charge in [-0.05, 0) is 30.7 Å². The first-order valence-electron chi connectivity index (χ1n) is 8.36. The molecule has 7 heteroatoms. The van der Waals surface area contributed by atoms with Crippen molar-refractivity contribution >= 4 is 28.6 Å². The second kappa shape index (κ2) is 8.15. The second-order valence-corrected chi connectivity index (χ2v) is 5.71. The van der Waals surface area contributed by atoms with Gasteiger partial charge in [0.1, 0.15) is 6.04 Å². The number of carbonyl (C=O) groups is 2. The highest BCUT2D eigenvalue weighted by Crippen LogP contribution is 2.19. The maximum atomic E-state index is 12.7. The zero-order valence-electron chi connectivity index (χ0n) is 14.4. The van der Waals surface area contributed by atoms with Gasteiger partial charge in [-0.3, -0.25) is 9.78 Å². The average molecular weight is 352 g/mol. The number of H-pyrrole nitrogens is 1. The number of alkyl carbamates (subject to hydrolysis) is 1. The molecule has 1 atom stereocenters. The van der Waals surface area contributed by atoms with Gasteiger partial charge in [-0.25, -0.2) is 4.79 Å². The van der Waals surface area contributed by atoms with Crippen LogP contribution in [0.2, 0.25) is 0 Å². The third-order valence-electron chi connectivity index (χ3n) is 3.91.